The second-order valence-corrected chi connectivity index (χ2v) is 3.63. The third kappa shape index (κ3) is 3.60. The average Bonchev–Trinajstić information content (AvgIpc) is 2.29. The van der Waals surface area contributed by atoms with Crippen LogP contribution >= 0.6 is 0 Å². The first-order chi connectivity index (χ1) is 7.67. The summed E-state index contributed by atoms with van der Waals surface area (Å²) in [5, 5.41) is 11.5. The minimum absolute atomic E-state index is 0.0491. The summed E-state index contributed by atoms with van der Waals surface area (Å²) in [7, 11) is 0. The highest BCUT2D eigenvalue weighted by molar-refractivity contribution is 5.94. The second kappa shape index (κ2) is 6.19. The molecule has 5 nitrogen and oxygen atoms in total. The van der Waals surface area contributed by atoms with Crippen molar-refractivity contribution in [3.8, 4) is 0 Å². The maximum atomic E-state index is 11.7. The minimum atomic E-state index is -0.168. The zero-order chi connectivity index (χ0) is 12.0. The van der Waals surface area contributed by atoms with Crippen molar-refractivity contribution >= 4 is 5.91 Å². The van der Waals surface area contributed by atoms with Crippen LogP contribution in [0, 0.1) is 0 Å². The first-order valence-electron chi connectivity index (χ1n) is 5.24. The smallest absolute Gasteiger partial charge is 0.251 e. The van der Waals surface area contributed by atoms with Crippen LogP contribution in [0.5, 0.6) is 0 Å². The lowest BCUT2D eigenvalue weighted by molar-refractivity contribution is 0.0934. The normalized spacial score (nSPS) is 12.2. The number of hydrogen-bond donors (Lipinski definition) is 3. The molecule has 16 heavy (non-hydrogen) atoms. The molecule has 1 heterocycles. The number of aliphatic hydroxyl groups excluding tert-OH is 1. The molecule has 0 bridgehead atoms. The molecule has 0 aromatic carbocycles. The van der Waals surface area contributed by atoms with Crippen LogP contribution in [0.15, 0.2) is 18.3 Å². The van der Waals surface area contributed by atoms with E-state index in [9.17, 15) is 4.79 Å². The van der Waals surface area contributed by atoms with Crippen molar-refractivity contribution in [1.29, 1.82) is 0 Å². The number of aliphatic hydroxyl groups is 1. The summed E-state index contributed by atoms with van der Waals surface area (Å²) >= 11 is 0. The van der Waals surface area contributed by atoms with Crippen molar-refractivity contribution in [3.63, 3.8) is 0 Å². The number of nitrogens with zero attached hydrogens (tertiary/aromatic N) is 1. The van der Waals surface area contributed by atoms with E-state index in [-0.39, 0.29) is 18.6 Å². The molecule has 4 N–H and O–H groups in total. The van der Waals surface area contributed by atoms with Crippen LogP contribution in [-0.4, -0.2) is 28.6 Å². The van der Waals surface area contributed by atoms with Crippen LogP contribution in [0.25, 0.3) is 0 Å². The monoisotopic (exact) mass is 223 g/mol. The number of amides is 1. The summed E-state index contributed by atoms with van der Waals surface area (Å²) in [5.41, 5.74) is 6.67. The quantitative estimate of drug-likeness (QED) is 0.657. The number of carbonyl (C=O) groups is 1. The van der Waals surface area contributed by atoms with E-state index in [4.69, 9.17) is 10.8 Å². The summed E-state index contributed by atoms with van der Waals surface area (Å²) in [6, 6.07) is 3.26. The Kier molecular flexibility index (Phi) is 4.88. The summed E-state index contributed by atoms with van der Waals surface area (Å²) in [6.45, 7) is 2.22. The van der Waals surface area contributed by atoms with Gasteiger partial charge in [-0.05, 0) is 25.5 Å². The van der Waals surface area contributed by atoms with Crippen LogP contribution in [0.2, 0.25) is 0 Å². The van der Waals surface area contributed by atoms with Crippen molar-refractivity contribution < 1.29 is 9.90 Å². The molecule has 1 rings (SSSR count). The molecular formula is C11H17N3O2. The SMILES string of the molecule is CC(CCO)NC(=O)c1ccnc(CN)c1. The zero-order valence-electron chi connectivity index (χ0n) is 9.31. The van der Waals surface area contributed by atoms with Gasteiger partial charge in [0.15, 0.2) is 0 Å². The number of hydrogen-bond acceptors (Lipinski definition) is 4. The maximum Gasteiger partial charge on any atom is 0.251 e. The Bertz CT molecular complexity index is 355. The van der Waals surface area contributed by atoms with Gasteiger partial charge in [0.05, 0.1) is 5.69 Å². The van der Waals surface area contributed by atoms with Crippen molar-refractivity contribution in [2.75, 3.05) is 6.61 Å². The van der Waals surface area contributed by atoms with Gasteiger partial charge in [-0.15, -0.1) is 0 Å². The van der Waals surface area contributed by atoms with Gasteiger partial charge in [0.1, 0.15) is 0 Å². The predicted molar refractivity (Wildman–Crippen MR) is 60.8 cm³/mol. The molecule has 88 valence electrons. The maximum absolute atomic E-state index is 11.7. The van der Waals surface area contributed by atoms with Crippen molar-refractivity contribution in [1.82, 2.24) is 10.3 Å². The van der Waals surface area contributed by atoms with E-state index in [1.165, 1.54) is 0 Å². The van der Waals surface area contributed by atoms with Crippen molar-refractivity contribution in [3.05, 3.63) is 29.6 Å². The summed E-state index contributed by atoms with van der Waals surface area (Å²) in [5.74, 6) is -0.168. The van der Waals surface area contributed by atoms with Crippen LogP contribution < -0.4 is 11.1 Å². The standard InChI is InChI=1S/C11H17N3O2/c1-8(3-5-15)14-11(16)9-2-4-13-10(6-9)7-12/h2,4,6,8,15H,3,5,7,12H2,1H3,(H,14,16). The van der Waals surface area contributed by atoms with Gasteiger partial charge < -0.3 is 16.2 Å². The molecule has 0 fully saturated rings. The molecule has 0 aliphatic rings. The van der Waals surface area contributed by atoms with Crippen LogP contribution in [0.4, 0.5) is 0 Å². The van der Waals surface area contributed by atoms with E-state index >= 15 is 0 Å². The minimum Gasteiger partial charge on any atom is -0.396 e. The molecule has 0 spiro atoms. The van der Waals surface area contributed by atoms with Gasteiger partial charge in [-0.25, -0.2) is 0 Å². The van der Waals surface area contributed by atoms with Gasteiger partial charge >= 0.3 is 0 Å². The number of aromatic nitrogens is 1. The number of nitrogens with one attached hydrogen (secondary N) is 1. The molecule has 1 amide bonds. The Morgan fingerprint density at radius 3 is 3.06 bits per heavy atom. The highest BCUT2D eigenvalue weighted by Gasteiger charge is 2.09. The summed E-state index contributed by atoms with van der Waals surface area (Å²) < 4.78 is 0. The van der Waals surface area contributed by atoms with Crippen LogP contribution in [0.1, 0.15) is 29.4 Å². The first-order valence-corrected chi connectivity index (χ1v) is 5.24. The molecule has 0 saturated carbocycles. The number of pyridine rings is 1. The van der Waals surface area contributed by atoms with Gasteiger partial charge in [-0.1, -0.05) is 0 Å². The summed E-state index contributed by atoms with van der Waals surface area (Å²) in [4.78, 5) is 15.7. The van der Waals surface area contributed by atoms with Gasteiger partial charge in [0.25, 0.3) is 5.91 Å². The molecular weight excluding hydrogens is 206 g/mol. The Hall–Kier alpha value is -1.46. The topological polar surface area (TPSA) is 88.2 Å². The predicted octanol–water partition coefficient (Wildman–Crippen LogP) is 0.0410. The second-order valence-electron chi connectivity index (χ2n) is 3.63. The molecule has 1 atom stereocenters. The lowest BCUT2D eigenvalue weighted by Gasteiger charge is -2.12. The molecule has 1 aromatic heterocycles. The van der Waals surface area contributed by atoms with E-state index < -0.39 is 0 Å². The van der Waals surface area contributed by atoms with E-state index in [1.54, 1.807) is 18.3 Å². The Balaban J connectivity index is 2.65. The van der Waals surface area contributed by atoms with E-state index in [0.717, 1.165) is 0 Å². The Morgan fingerprint density at radius 2 is 2.44 bits per heavy atom. The number of nitrogens with two attached hydrogens (primary N) is 1. The van der Waals surface area contributed by atoms with E-state index in [2.05, 4.69) is 10.3 Å². The Morgan fingerprint density at radius 1 is 1.69 bits per heavy atom. The van der Waals surface area contributed by atoms with Crippen LogP contribution in [-0.2, 0) is 6.54 Å². The first kappa shape index (κ1) is 12.6. The molecule has 5 heteroatoms. The number of rotatable bonds is 5. The molecule has 0 aliphatic carbocycles. The number of carbonyl (C=O) groups excluding carboxylic acids is 1. The van der Waals surface area contributed by atoms with Crippen LogP contribution in [0.3, 0.4) is 0 Å². The van der Waals surface area contributed by atoms with Crippen molar-refractivity contribution in [2.45, 2.75) is 25.9 Å². The van der Waals surface area contributed by atoms with Gasteiger partial charge in [0, 0.05) is 31.0 Å². The molecule has 0 saturated heterocycles. The average molecular weight is 223 g/mol. The lowest BCUT2D eigenvalue weighted by Crippen LogP contribution is -2.33. The third-order valence-electron chi connectivity index (χ3n) is 2.23. The largest absolute Gasteiger partial charge is 0.396 e. The van der Waals surface area contributed by atoms with Gasteiger partial charge in [0.2, 0.25) is 0 Å². The van der Waals surface area contributed by atoms with Crippen molar-refractivity contribution in [2.24, 2.45) is 5.73 Å². The molecule has 0 aliphatic heterocycles. The zero-order valence-corrected chi connectivity index (χ0v) is 9.31. The Labute approximate surface area is 94.7 Å². The highest BCUT2D eigenvalue weighted by Crippen LogP contribution is 2.02. The van der Waals surface area contributed by atoms with Gasteiger partial charge in [-0.2, -0.15) is 0 Å². The molecule has 1 unspecified atom stereocenters. The van der Waals surface area contributed by atoms with E-state index in [1.807, 2.05) is 6.92 Å². The van der Waals surface area contributed by atoms with E-state index in [0.29, 0.717) is 24.2 Å². The fourth-order valence-corrected chi connectivity index (χ4v) is 1.30. The fourth-order valence-electron chi connectivity index (χ4n) is 1.30. The third-order valence-corrected chi connectivity index (χ3v) is 2.23. The van der Waals surface area contributed by atoms with Gasteiger partial charge in [-0.3, -0.25) is 9.78 Å². The lowest BCUT2D eigenvalue weighted by atomic mass is 10.2. The highest BCUT2D eigenvalue weighted by atomic mass is 16.3. The molecule has 1 aromatic rings. The molecule has 0 radical (unpaired) electrons. The summed E-state index contributed by atoms with van der Waals surface area (Å²) in [6.07, 6.45) is 2.11. The fraction of sp³-hybridized carbons (Fsp3) is 0.455.